The molecule has 5 rings (SSSR count). The second-order valence-corrected chi connectivity index (χ2v) is 13.8. The minimum absolute atomic E-state index is 0.0293. The van der Waals surface area contributed by atoms with E-state index in [1.165, 1.54) is 30.6 Å². The predicted molar refractivity (Wildman–Crippen MR) is 153 cm³/mol. The van der Waals surface area contributed by atoms with Gasteiger partial charge in [-0.3, -0.25) is 19.8 Å². The second-order valence-electron chi connectivity index (χ2n) is 10.4. The smallest absolute Gasteiger partial charge is 0.280 e. The molecular formula is C27H35N5O7S2. The monoisotopic (exact) mass is 605 g/mol. The molecule has 1 saturated carbocycles. The Balaban J connectivity index is 1.21. The average molecular weight is 606 g/mol. The van der Waals surface area contributed by atoms with Gasteiger partial charge in [0.25, 0.3) is 5.91 Å². The molecule has 1 aromatic heterocycles. The van der Waals surface area contributed by atoms with Crippen LogP contribution in [0.2, 0.25) is 0 Å². The number of amides is 2. The molecule has 14 heteroatoms. The number of carbonyl (C=O) groups is 2. The zero-order valence-corrected chi connectivity index (χ0v) is 24.5. The molecule has 1 aromatic carbocycles. The summed E-state index contributed by atoms with van der Waals surface area (Å²) in [6.45, 7) is 3.39. The van der Waals surface area contributed by atoms with Gasteiger partial charge in [-0.1, -0.05) is 17.3 Å². The summed E-state index contributed by atoms with van der Waals surface area (Å²) < 4.78 is 35.4. The van der Waals surface area contributed by atoms with E-state index in [0.717, 1.165) is 30.8 Å². The highest BCUT2D eigenvalue weighted by Crippen LogP contribution is 2.33. The number of ether oxygens (including phenoxy) is 2. The van der Waals surface area contributed by atoms with Crippen LogP contribution < -0.4 is 10.6 Å². The number of anilines is 1. The van der Waals surface area contributed by atoms with Gasteiger partial charge in [0.1, 0.15) is 6.61 Å². The highest BCUT2D eigenvalue weighted by atomic mass is 32.2. The van der Waals surface area contributed by atoms with E-state index in [2.05, 4.69) is 25.7 Å². The van der Waals surface area contributed by atoms with Crippen LogP contribution in [0.3, 0.4) is 0 Å². The predicted octanol–water partition coefficient (Wildman–Crippen LogP) is 1.95. The molecule has 0 radical (unpaired) electrons. The van der Waals surface area contributed by atoms with Crippen molar-refractivity contribution in [1.82, 2.24) is 15.2 Å². The molecule has 3 fully saturated rings. The van der Waals surface area contributed by atoms with E-state index in [1.54, 1.807) is 18.3 Å². The van der Waals surface area contributed by atoms with Gasteiger partial charge in [-0.2, -0.15) is 0 Å². The van der Waals surface area contributed by atoms with E-state index >= 15 is 0 Å². The van der Waals surface area contributed by atoms with Crippen molar-refractivity contribution >= 4 is 43.8 Å². The van der Waals surface area contributed by atoms with Crippen molar-refractivity contribution in [2.24, 2.45) is 5.16 Å². The van der Waals surface area contributed by atoms with Gasteiger partial charge in [-0.25, -0.2) is 13.4 Å². The van der Waals surface area contributed by atoms with Crippen LogP contribution in [0, 0.1) is 0 Å². The van der Waals surface area contributed by atoms with Crippen LogP contribution in [0.1, 0.15) is 42.5 Å². The van der Waals surface area contributed by atoms with E-state index in [-0.39, 0.29) is 40.5 Å². The van der Waals surface area contributed by atoms with Crippen molar-refractivity contribution in [1.29, 1.82) is 0 Å². The summed E-state index contributed by atoms with van der Waals surface area (Å²) >= 11 is 1.38. The first-order valence-electron chi connectivity index (χ1n) is 13.7. The molecular weight excluding hydrogens is 570 g/mol. The lowest BCUT2D eigenvalue weighted by Gasteiger charge is -2.31. The van der Waals surface area contributed by atoms with Gasteiger partial charge in [0.15, 0.2) is 26.8 Å². The van der Waals surface area contributed by atoms with Crippen LogP contribution in [0.25, 0.3) is 0 Å². The lowest BCUT2D eigenvalue weighted by Crippen LogP contribution is -2.45. The van der Waals surface area contributed by atoms with Crippen molar-refractivity contribution in [3.63, 3.8) is 0 Å². The minimum Gasteiger partial charge on any atom is -0.389 e. The molecule has 3 heterocycles. The number of hydrogen-bond donors (Lipinski definition) is 2. The Morgan fingerprint density at radius 1 is 1.15 bits per heavy atom. The summed E-state index contributed by atoms with van der Waals surface area (Å²) in [6, 6.07) is 6.33. The zero-order chi connectivity index (χ0) is 28.8. The highest BCUT2D eigenvalue weighted by molar-refractivity contribution is 7.92. The number of sulfone groups is 1. The number of carbonyl (C=O) groups excluding carboxylic acids is 2. The maximum atomic E-state index is 13.3. The first-order valence-corrected chi connectivity index (χ1v) is 16.1. The van der Waals surface area contributed by atoms with Crippen LogP contribution >= 0.6 is 11.3 Å². The van der Waals surface area contributed by atoms with Crippen molar-refractivity contribution in [3.05, 3.63) is 40.9 Å². The van der Waals surface area contributed by atoms with E-state index in [4.69, 9.17) is 14.3 Å². The number of nitrogens with zero attached hydrogens (tertiary/aromatic N) is 3. The summed E-state index contributed by atoms with van der Waals surface area (Å²) in [5.74, 6) is -0.604. The summed E-state index contributed by atoms with van der Waals surface area (Å²) in [4.78, 5) is 38.6. The molecule has 12 nitrogen and oxygen atoms in total. The number of benzene rings is 1. The number of hydrogen-bond acceptors (Lipinski definition) is 11. The van der Waals surface area contributed by atoms with E-state index in [1.807, 2.05) is 0 Å². The number of piperidine rings is 1. The molecule has 2 amide bonds. The summed E-state index contributed by atoms with van der Waals surface area (Å²) in [5, 5.41) is 10.1. The number of aromatic nitrogens is 1. The van der Waals surface area contributed by atoms with Crippen LogP contribution in [-0.4, -0.2) is 93.2 Å². The van der Waals surface area contributed by atoms with Crippen molar-refractivity contribution in [2.45, 2.75) is 60.9 Å². The van der Waals surface area contributed by atoms with Gasteiger partial charge in [0.05, 0.1) is 23.4 Å². The third-order valence-corrected chi connectivity index (χ3v) is 10.4. The normalized spacial score (nSPS) is 20.6. The van der Waals surface area contributed by atoms with Gasteiger partial charge in [-0.15, -0.1) is 11.3 Å². The number of oxime groups is 1. The second kappa shape index (κ2) is 13.4. The molecule has 1 atom stereocenters. The Morgan fingerprint density at radius 2 is 1.90 bits per heavy atom. The fraction of sp³-hybridized carbons (Fsp3) is 0.556. The molecule has 1 aliphatic carbocycles. The maximum Gasteiger partial charge on any atom is 0.280 e. The lowest BCUT2D eigenvalue weighted by molar-refractivity contribution is -0.125. The fourth-order valence-corrected chi connectivity index (χ4v) is 7.28. The van der Waals surface area contributed by atoms with E-state index < -0.39 is 15.7 Å². The number of thiazole rings is 1. The molecule has 222 valence electrons. The number of nitrogens with one attached hydrogen (secondary N) is 2. The SMILES string of the molecule is COCC(=O)NC1CCN(Cc2cnc(NC(=O)C(=NO[C@@H]3CCOC3)c3ccc(S(=O)(=O)C4CC4)cc3)s2)CC1. The maximum absolute atomic E-state index is 13.3. The third kappa shape index (κ3) is 7.89. The molecule has 2 saturated heterocycles. The van der Waals surface area contributed by atoms with E-state index in [9.17, 15) is 18.0 Å². The third-order valence-electron chi connectivity index (χ3n) is 7.20. The summed E-state index contributed by atoms with van der Waals surface area (Å²) in [7, 11) is -1.84. The Bertz CT molecular complexity index is 1340. The summed E-state index contributed by atoms with van der Waals surface area (Å²) in [5.41, 5.74) is 0.468. The standard InChI is InChI=1S/C27H35N5O7S2/c1-37-17-24(33)29-19-8-11-32(12-9-19)15-21-14-28-27(40-21)30-26(34)25(31-39-20-10-13-38-16-20)18-2-4-22(5-3-18)41(35,36)23-6-7-23/h2-5,14,19-20,23H,6-13,15-17H2,1H3,(H,29,33)(H,28,30,34)/t20-/m1/s1. The van der Waals surface area contributed by atoms with Crippen molar-refractivity contribution < 1.29 is 32.3 Å². The largest absolute Gasteiger partial charge is 0.389 e. The van der Waals surface area contributed by atoms with Crippen LogP contribution in [0.15, 0.2) is 40.5 Å². The van der Waals surface area contributed by atoms with Crippen LogP contribution in [0.5, 0.6) is 0 Å². The lowest BCUT2D eigenvalue weighted by atomic mass is 10.1. The Morgan fingerprint density at radius 3 is 2.56 bits per heavy atom. The van der Waals surface area contributed by atoms with Crippen molar-refractivity contribution in [3.8, 4) is 0 Å². The Kier molecular flexibility index (Phi) is 9.65. The van der Waals surface area contributed by atoms with Gasteiger partial charge in [0.2, 0.25) is 5.91 Å². The molecule has 2 aromatic rings. The first-order chi connectivity index (χ1) is 19.8. The molecule has 41 heavy (non-hydrogen) atoms. The quantitative estimate of drug-likeness (QED) is 0.274. The van der Waals surface area contributed by atoms with E-state index in [0.29, 0.717) is 49.7 Å². The number of rotatable bonds is 12. The molecule has 0 spiro atoms. The zero-order valence-electron chi connectivity index (χ0n) is 22.9. The first kappa shape index (κ1) is 29.6. The number of likely N-dealkylation sites (tertiary alicyclic amines) is 1. The molecule has 2 aliphatic heterocycles. The highest BCUT2D eigenvalue weighted by Gasteiger charge is 2.37. The van der Waals surface area contributed by atoms with Crippen LogP contribution in [0.4, 0.5) is 5.13 Å². The molecule has 2 N–H and O–H groups in total. The Hall–Kier alpha value is -2.91. The van der Waals surface area contributed by atoms with Gasteiger partial charge < -0.3 is 19.6 Å². The molecule has 3 aliphatic rings. The number of methoxy groups -OCH3 is 1. The summed E-state index contributed by atoms with van der Waals surface area (Å²) in [6.07, 6.45) is 5.22. The van der Waals surface area contributed by atoms with Gasteiger partial charge in [-0.05, 0) is 37.8 Å². The Labute approximate surface area is 243 Å². The fourth-order valence-electron chi connectivity index (χ4n) is 4.77. The van der Waals surface area contributed by atoms with Gasteiger partial charge in [0, 0.05) is 55.8 Å². The molecule has 0 unspecified atom stereocenters. The topological polar surface area (TPSA) is 149 Å². The average Bonchev–Trinajstić information content (AvgIpc) is 3.54. The molecule has 0 bridgehead atoms. The van der Waals surface area contributed by atoms with Crippen LogP contribution in [-0.2, 0) is 40.3 Å². The van der Waals surface area contributed by atoms with Gasteiger partial charge >= 0.3 is 0 Å². The minimum atomic E-state index is -3.35. The van der Waals surface area contributed by atoms with Crippen molar-refractivity contribution in [2.75, 3.05) is 45.3 Å².